The minimum absolute atomic E-state index is 0.186. The first-order valence-electron chi connectivity index (χ1n) is 5.30. The molecule has 1 rings (SSSR count). The van der Waals surface area contributed by atoms with Crippen molar-refractivity contribution in [3.05, 3.63) is 28.8 Å². The fourth-order valence-electron chi connectivity index (χ4n) is 1.37. The lowest BCUT2D eigenvalue weighted by atomic mass is 10.2. The van der Waals surface area contributed by atoms with Gasteiger partial charge in [0.2, 0.25) is 5.91 Å². The van der Waals surface area contributed by atoms with Gasteiger partial charge >= 0.3 is 5.97 Å². The molecule has 0 aromatic heterocycles. The summed E-state index contributed by atoms with van der Waals surface area (Å²) in [6.07, 6.45) is 0. The van der Waals surface area contributed by atoms with Gasteiger partial charge in [-0.3, -0.25) is 4.79 Å². The highest BCUT2D eigenvalue weighted by Crippen LogP contribution is 2.21. The Morgan fingerprint density at radius 1 is 1.37 bits per heavy atom. The molecule has 0 radical (unpaired) electrons. The van der Waals surface area contributed by atoms with Crippen molar-refractivity contribution in [1.29, 1.82) is 0 Å². The van der Waals surface area contributed by atoms with E-state index in [0.29, 0.717) is 6.54 Å². The lowest BCUT2D eigenvalue weighted by Gasteiger charge is -2.06. The number of carboxylic acid groups (broad SMARTS) is 1. The molecule has 0 heterocycles. The highest BCUT2D eigenvalue weighted by molar-refractivity contribution is 7.92. The first kappa shape index (κ1) is 15.5. The molecule has 0 fully saturated rings. The Hall–Kier alpha value is -1.60. The minimum Gasteiger partial charge on any atom is -0.478 e. The standard InChI is InChI=1S/C11H12ClNO5S/c1-2-13-10(14)6-19(17,18)7-3-4-8(11(15)16)9(12)5-7/h3-5H,2,6H2,1H3,(H,13,14)(H,15,16). The number of aromatic carboxylic acids is 1. The predicted octanol–water partition coefficient (Wildman–Crippen LogP) is 0.948. The third-order valence-electron chi connectivity index (χ3n) is 2.23. The third-order valence-corrected chi connectivity index (χ3v) is 4.15. The van der Waals surface area contributed by atoms with Crippen molar-refractivity contribution in [2.75, 3.05) is 12.3 Å². The van der Waals surface area contributed by atoms with Crippen molar-refractivity contribution in [3.8, 4) is 0 Å². The van der Waals surface area contributed by atoms with Crippen LogP contribution >= 0.6 is 11.6 Å². The Kier molecular flexibility index (Phi) is 4.90. The van der Waals surface area contributed by atoms with Crippen molar-refractivity contribution in [3.63, 3.8) is 0 Å². The number of hydrogen-bond acceptors (Lipinski definition) is 4. The van der Waals surface area contributed by atoms with Gasteiger partial charge in [0.15, 0.2) is 9.84 Å². The zero-order valence-corrected chi connectivity index (χ0v) is 11.6. The van der Waals surface area contributed by atoms with Crippen molar-refractivity contribution in [2.45, 2.75) is 11.8 Å². The molecule has 0 spiro atoms. The van der Waals surface area contributed by atoms with Gasteiger partial charge in [-0.15, -0.1) is 0 Å². The molecule has 2 N–H and O–H groups in total. The maximum absolute atomic E-state index is 11.9. The largest absolute Gasteiger partial charge is 0.478 e. The van der Waals surface area contributed by atoms with Crippen LogP contribution in [0.2, 0.25) is 5.02 Å². The Bertz CT molecular complexity index is 612. The van der Waals surface area contributed by atoms with Crippen LogP contribution in [0.15, 0.2) is 23.1 Å². The Morgan fingerprint density at radius 2 is 2.00 bits per heavy atom. The fraction of sp³-hybridized carbons (Fsp3) is 0.273. The third kappa shape index (κ3) is 3.93. The molecule has 104 valence electrons. The molecule has 0 atom stereocenters. The molecule has 0 saturated carbocycles. The number of nitrogens with one attached hydrogen (secondary N) is 1. The molecule has 1 aromatic carbocycles. The van der Waals surface area contributed by atoms with Crippen LogP contribution in [0.25, 0.3) is 0 Å². The summed E-state index contributed by atoms with van der Waals surface area (Å²) < 4.78 is 23.8. The summed E-state index contributed by atoms with van der Waals surface area (Å²) in [5.41, 5.74) is -0.196. The van der Waals surface area contributed by atoms with Crippen LogP contribution in [0, 0.1) is 0 Å². The second-order valence-electron chi connectivity index (χ2n) is 3.66. The number of halogens is 1. The van der Waals surface area contributed by atoms with Crippen molar-refractivity contribution in [2.24, 2.45) is 0 Å². The second-order valence-corrected chi connectivity index (χ2v) is 6.06. The van der Waals surface area contributed by atoms with E-state index in [-0.39, 0.29) is 15.5 Å². The number of benzene rings is 1. The number of amides is 1. The first-order valence-corrected chi connectivity index (χ1v) is 7.33. The molecular formula is C11H12ClNO5S. The number of hydrogen-bond donors (Lipinski definition) is 2. The highest BCUT2D eigenvalue weighted by atomic mass is 35.5. The van der Waals surface area contributed by atoms with Gasteiger partial charge in [0, 0.05) is 6.54 Å². The van der Waals surface area contributed by atoms with Gasteiger partial charge in [0.1, 0.15) is 5.75 Å². The van der Waals surface area contributed by atoms with Gasteiger partial charge in [0.25, 0.3) is 0 Å². The van der Waals surface area contributed by atoms with E-state index in [0.717, 1.165) is 18.2 Å². The Balaban J connectivity index is 3.06. The van der Waals surface area contributed by atoms with E-state index >= 15 is 0 Å². The fourth-order valence-corrected chi connectivity index (χ4v) is 2.88. The van der Waals surface area contributed by atoms with Gasteiger partial charge in [0.05, 0.1) is 15.5 Å². The maximum Gasteiger partial charge on any atom is 0.337 e. The van der Waals surface area contributed by atoms with E-state index in [4.69, 9.17) is 16.7 Å². The van der Waals surface area contributed by atoms with Crippen LogP contribution < -0.4 is 5.32 Å². The second kappa shape index (κ2) is 6.03. The molecule has 0 bridgehead atoms. The molecule has 0 aliphatic carbocycles. The summed E-state index contributed by atoms with van der Waals surface area (Å²) in [6.45, 7) is 2.00. The van der Waals surface area contributed by atoms with E-state index in [1.807, 2.05) is 0 Å². The zero-order chi connectivity index (χ0) is 14.6. The average Bonchev–Trinajstić information content (AvgIpc) is 2.27. The molecule has 8 heteroatoms. The van der Waals surface area contributed by atoms with Crippen LogP contribution in [-0.4, -0.2) is 37.7 Å². The Morgan fingerprint density at radius 3 is 2.47 bits per heavy atom. The summed E-state index contributed by atoms with van der Waals surface area (Å²) in [4.78, 5) is 21.8. The SMILES string of the molecule is CCNC(=O)CS(=O)(=O)c1ccc(C(=O)O)c(Cl)c1. The topological polar surface area (TPSA) is 101 Å². The molecule has 0 unspecified atom stereocenters. The van der Waals surface area contributed by atoms with Crippen molar-refractivity contribution in [1.82, 2.24) is 5.32 Å². The molecule has 0 aliphatic heterocycles. The zero-order valence-electron chi connectivity index (χ0n) is 10.0. The van der Waals surface area contributed by atoms with Crippen molar-refractivity contribution < 1.29 is 23.1 Å². The molecule has 1 amide bonds. The van der Waals surface area contributed by atoms with Crippen LogP contribution in [-0.2, 0) is 14.6 Å². The number of rotatable bonds is 5. The van der Waals surface area contributed by atoms with E-state index < -0.39 is 27.5 Å². The molecule has 0 saturated heterocycles. The van der Waals surface area contributed by atoms with E-state index in [1.54, 1.807) is 6.92 Å². The van der Waals surface area contributed by atoms with Crippen LogP contribution in [0.3, 0.4) is 0 Å². The molecule has 6 nitrogen and oxygen atoms in total. The molecule has 1 aromatic rings. The monoisotopic (exact) mass is 305 g/mol. The summed E-state index contributed by atoms with van der Waals surface area (Å²) in [5.74, 6) is -2.58. The quantitative estimate of drug-likeness (QED) is 0.843. The van der Waals surface area contributed by atoms with Gasteiger partial charge in [-0.1, -0.05) is 11.6 Å². The molecule has 0 aliphatic rings. The number of carboxylic acids is 1. The summed E-state index contributed by atoms with van der Waals surface area (Å²) in [5, 5.41) is 11.0. The van der Waals surface area contributed by atoms with Gasteiger partial charge in [-0.2, -0.15) is 0 Å². The van der Waals surface area contributed by atoms with E-state index in [9.17, 15) is 18.0 Å². The highest BCUT2D eigenvalue weighted by Gasteiger charge is 2.21. The predicted molar refractivity (Wildman–Crippen MR) is 69.1 cm³/mol. The number of carbonyl (C=O) groups is 2. The van der Waals surface area contributed by atoms with Gasteiger partial charge in [-0.05, 0) is 25.1 Å². The lowest BCUT2D eigenvalue weighted by molar-refractivity contribution is -0.118. The Labute approximate surface area is 115 Å². The van der Waals surface area contributed by atoms with Crippen molar-refractivity contribution >= 4 is 33.3 Å². The van der Waals surface area contributed by atoms with E-state index in [2.05, 4.69) is 5.32 Å². The lowest BCUT2D eigenvalue weighted by Crippen LogP contribution is -2.30. The average molecular weight is 306 g/mol. The molecule has 19 heavy (non-hydrogen) atoms. The van der Waals surface area contributed by atoms with Crippen LogP contribution in [0.4, 0.5) is 0 Å². The summed E-state index contributed by atoms with van der Waals surface area (Å²) in [6, 6.07) is 3.23. The minimum atomic E-state index is -3.84. The normalized spacial score (nSPS) is 11.1. The van der Waals surface area contributed by atoms with Crippen LogP contribution in [0.1, 0.15) is 17.3 Å². The summed E-state index contributed by atoms with van der Waals surface area (Å²) >= 11 is 5.68. The summed E-state index contributed by atoms with van der Waals surface area (Å²) in [7, 11) is -3.84. The molecular weight excluding hydrogens is 294 g/mol. The van der Waals surface area contributed by atoms with Gasteiger partial charge < -0.3 is 10.4 Å². The smallest absolute Gasteiger partial charge is 0.337 e. The maximum atomic E-state index is 11.9. The number of carbonyl (C=O) groups excluding carboxylic acids is 1. The number of sulfone groups is 1. The van der Waals surface area contributed by atoms with Gasteiger partial charge in [-0.25, -0.2) is 13.2 Å². The first-order chi connectivity index (χ1) is 8.77. The van der Waals surface area contributed by atoms with Crippen LogP contribution in [0.5, 0.6) is 0 Å². The van der Waals surface area contributed by atoms with E-state index in [1.165, 1.54) is 0 Å².